The minimum Gasteiger partial charge on any atom is -0.457 e. The molecule has 1 aliphatic heterocycles. The first-order valence-corrected chi connectivity index (χ1v) is 18.8. The van der Waals surface area contributed by atoms with Gasteiger partial charge in [0.15, 0.2) is 17.5 Å². The first-order valence-electron chi connectivity index (χ1n) is 18.8. The maximum Gasteiger partial charge on any atom is 0.164 e. The second-order valence-electron chi connectivity index (χ2n) is 14.2. The lowest BCUT2D eigenvalue weighted by atomic mass is 9.66. The number of nitrogens with zero attached hydrogens (tertiary/aromatic N) is 4. The van der Waals surface area contributed by atoms with Gasteiger partial charge in [0.2, 0.25) is 0 Å². The average molecular weight is 717 g/mol. The van der Waals surface area contributed by atoms with Crippen LogP contribution in [0.2, 0.25) is 0 Å². The van der Waals surface area contributed by atoms with E-state index in [1.165, 1.54) is 5.56 Å². The number of aromatic nitrogens is 4. The van der Waals surface area contributed by atoms with Gasteiger partial charge in [0.25, 0.3) is 0 Å². The number of hydrogen-bond donors (Lipinski definition) is 0. The van der Waals surface area contributed by atoms with Crippen LogP contribution in [0, 0.1) is 0 Å². The normalized spacial score (nSPS) is 12.9. The third-order valence-electron chi connectivity index (χ3n) is 11.1. The smallest absolute Gasteiger partial charge is 0.164 e. The fourth-order valence-corrected chi connectivity index (χ4v) is 8.75. The summed E-state index contributed by atoms with van der Waals surface area (Å²) in [7, 11) is 0. The third-order valence-corrected chi connectivity index (χ3v) is 11.1. The summed E-state index contributed by atoms with van der Waals surface area (Å²) in [6.45, 7) is 0. The second kappa shape index (κ2) is 12.8. The summed E-state index contributed by atoms with van der Waals surface area (Å²) in [6, 6.07) is 63.3. The Hall–Kier alpha value is -7.50. The van der Waals surface area contributed by atoms with Crippen LogP contribution in [0.3, 0.4) is 0 Å². The predicted molar refractivity (Wildman–Crippen MR) is 222 cm³/mol. The highest BCUT2D eigenvalue weighted by atomic mass is 16.5. The van der Waals surface area contributed by atoms with Crippen LogP contribution in [0.5, 0.6) is 11.5 Å². The van der Waals surface area contributed by atoms with Crippen molar-refractivity contribution in [3.63, 3.8) is 0 Å². The molecule has 5 heteroatoms. The molecule has 0 radical (unpaired) electrons. The zero-order valence-electron chi connectivity index (χ0n) is 30.2. The van der Waals surface area contributed by atoms with Crippen molar-refractivity contribution in [1.82, 2.24) is 19.9 Å². The lowest BCUT2D eigenvalue weighted by Crippen LogP contribution is -2.32. The molecule has 1 spiro atoms. The lowest BCUT2D eigenvalue weighted by molar-refractivity contribution is 0.436. The van der Waals surface area contributed by atoms with Gasteiger partial charge in [-0.15, -0.1) is 0 Å². The van der Waals surface area contributed by atoms with Crippen LogP contribution in [0.1, 0.15) is 22.3 Å². The molecule has 0 fully saturated rings. The summed E-state index contributed by atoms with van der Waals surface area (Å²) < 4.78 is 6.65. The van der Waals surface area contributed by atoms with Crippen LogP contribution in [0.25, 0.3) is 67.5 Å². The molecule has 5 nitrogen and oxygen atoms in total. The molecule has 0 bridgehead atoms. The monoisotopic (exact) mass is 716 g/mol. The van der Waals surface area contributed by atoms with E-state index in [9.17, 15) is 0 Å². The van der Waals surface area contributed by atoms with Crippen molar-refractivity contribution in [2.45, 2.75) is 5.41 Å². The van der Waals surface area contributed by atoms with E-state index in [1.807, 2.05) is 54.9 Å². The Morgan fingerprint density at radius 3 is 1.54 bits per heavy atom. The van der Waals surface area contributed by atoms with Crippen molar-refractivity contribution in [3.8, 4) is 79.0 Å². The topological polar surface area (TPSA) is 60.8 Å². The van der Waals surface area contributed by atoms with Crippen LogP contribution in [0.15, 0.2) is 194 Å². The first-order chi connectivity index (χ1) is 27.8. The second-order valence-corrected chi connectivity index (χ2v) is 14.2. The number of benzene rings is 7. The van der Waals surface area contributed by atoms with Crippen molar-refractivity contribution in [2.75, 3.05) is 0 Å². The Bertz CT molecular complexity index is 2900. The zero-order valence-corrected chi connectivity index (χ0v) is 30.2. The molecule has 0 amide bonds. The van der Waals surface area contributed by atoms with E-state index in [-0.39, 0.29) is 0 Å². The third kappa shape index (κ3) is 4.88. The maximum absolute atomic E-state index is 6.65. The first kappa shape index (κ1) is 32.0. The molecule has 2 aliphatic rings. The van der Waals surface area contributed by atoms with E-state index in [1.54, 1.807) is 0 Å². The molecule has 7 aromatic carbocycles. The Kier molecular flexibility index (Phi) is 7.32. The number of ether oxygens (including phenoxy) is 1. The summed E-state index contributed by atoms with van der Waals surface area (Å²) in [5.41, 5.74) is 13.2. The molecule has 2 aromatic heterocycles. The van der Waals surface area contributed by atoms with Crippen molar-refractivity contribution in [1.29, 1.82) is 0 Å². The van der Waals surface area contributed by atoms with Gasteiger partial charge in [-0.1, -0.05) is 158 Å². The van der Waals surface area contributed by atoms with Crippen molar-refractivity contribution >= 4 is 0 Å². The number of fused-ring (bicyclic) bond motifs is 9. The van der Waals surface area contributed by atoms with Crippen LogP contribution in [-0.4, -0.2) is 19.9 Å². The average Bonchev–Trinajstić information content (AvgIpc) is 3.58. The molecule has 0 saturated carbocycles. The SMILES string of the molecule is c1ccc(-c2cccc(-c3nc(-c4ccccc4)nc(-c4cccc5c4-c4c(-c6cccnc6)cccc4C54c5ccccc5Oc5ccccc54)n3)c2)cc1. The van der Waals surface area contributed by atoms with Crippen LogP contribution in [0.4, 0.5) is 0 Å². The van der Waals surface area contributed by atoms with E-state index in [0.717, 1.165) is 78.3 Å². The molecule has 1 aliphatic carbocycles. The molecule has 0 unspecified atom stereocenters. The zero-order chi connectivity index (χ0) is 37.1. The summed E-state index contributed by atoms with van der Waals surface area (Å²) in [6.07, 6.45) is 3.77. The summed E-state index contributed by atoms with van der Waals surface area (Å²) in [5, 5.41) is 0. The minimum absolute atomic E-state index is 0.605. The van der Waals surface area contributed by atoms with Gasteiger partial charge >= 0.3 is 0 Å². The van der Waals surface area contributed by atoms with Gasteiger partial charge in [0.1, 0.15) is 11.5 Å². The van der Waals surface area contributed by atoms with E-state index in [0.29, 0.717) is 17.5 Å². The van der Waals surface area contributed by atoms with Crippen molar-refractivity contribution in [2.24, 2.45) is 0 Å². The van der Waals surface area contributed by atoms with E-state index < -0.39 is 5.41 Å². The largest absolute Gasteiger partial charge is 0.457 e. The Balaban J connectivity index is 1.23. The molecular weight excluding hydrogens is 685 g/mol. The van der Waals surface area contributed by atoms with Crippen molar-refractivity contribution in [3.05, 3.63) is 217 Å². The van der Waals surface area contributed by atoms with Gasteiger partial charge in [0.05, 0.1) is 5.41 Å². The molecule has 0 atom stereocenters. The van der Waals surface area contributed by atoms with Gasteiger partial charge in [-0.2, -0.15) is 0 Å². The summed E-state index contributed by atoms with van der Waals surface area (Å²) in [4.78, 5) is 20.3. The van der Waals surface area contributed by atoms with E-state index >= 15 is 0 Å². The number of para-hydroxylation sites is 2. The fourth-order valence-electron chi connectivity index (χ4n) is 8.75. The summed E-state index contributed by atoms with van der Waals surface area (Å²) in [5.74, 6) is 3.51. The molecule has 9 aromatic rings. The highest BCUT2D eigenvalue weighted by molar-refractivity contribution is 6.01. The quantitative estimate of drug-likeness (QED) is 0.177. The Labute approximate surface area is 324 Å². The molecule has 56 heavy (non-hydrogen) atoms. The minimum atomic E-state index is -0.674. The van der Waals surface area contributed by atoms with Gasteiger partial charge < -0.3 is 4.74 Å². The Morgan fingerprint density at radius 2 is 0.857 bits per heavy atom. The van der Waals surface area contributed by atoms with Gasteiger partial charge in [-0.3, -0.25) is 4.98 Å². The van der Waals surface area contributed by atoms with Gasteiger partial charge in [0, 0.05) is 45.8 Å². The molecule has 0 saturated heterocycles. The summed E-state index contributed by atoms with van der Waals surface area (Å²) >= 11 is 0. The van der Waals surface area contributed by atoms with Crippen LogP contribution in [-0.2, 0) is 5.41 Å². The van der Waals surface area contributed by atoms with Crippen molar-refractivity contribution < 1.29 is 4.74 Å². The van der Waals surface area contributed by atoms with E-state index in [2.05, 4.69) is 145 Å². The van der Waals surface area contributed by atoms with Crippen LogP contribution < -0.4 is 4.74 Å². The highest BCUT2D eigenvalue weighted by Crippen LogP contribution is 2.64. The number of pyridine rings is 1. The predicted octanol–water partition coefficient (Wildman–Crippen LogP) is 12.1. The number of rotatable bonds is 5. The fraction of sp³-hybridized carbons (Fsp3) is 0.0196. The van der Waals surface area contributed by atoms with Gasteiger partial charge in [-0.25, -0.2) is 15.0 Å². The van der Waals surface area contributed by atoms with Crippen LogP contribution >= 0.6 is 0 Å². The maximum atomic E-state index is 6.65. The molecule has 0 N–H and O–H groups in total. The molecule has 11 rings (SSSR count). The highest BCUT2D eigenvalue weighted by Gasteiger charge is 2.52. The molecule has 262 valence electrons. The molecule has 3 heterocycles. The standard InChI is InChI=1S/C51H32N4O/c1-3-15-33(16-4-1)35-19-11-20-36(31-35)49-53-48(34-17-5-2-6-18-34)54-50(55-49)39-23-13-27-43-47(39)46-38(37-21-14-30-52-32-37)22-12-26-42(46)51(43)40-24-7-9-28-44(40)56-45-29-10-8-25-41(45)51/h1-32H. The van der Waals surface area contributed by atoms with Gasteiger partial charge in [-0.05, 0) is 63.2 Å². The molecular formula is C51H32N4O. The van der Waals surface area contributed by atoms with E-state index in [4.69, 9.17) is 19.7 Å². The Morgan fingerprint density at radius 1 is 0.357 bits per heavy atom. The number of hydrogen-bond acceptors (Lipinski definition) is 5. The lowest BCUT2D eigenvalue weighted by Gasteiger charge is -2.39.